The number of hydrogen-bond donors (Lipinski definition) is 2. The highest BCUT2D eigenvalue weighted by molar-refractivity contribution is 5.92. The van der Waals surface area contributed by atoms with E-state index in [0.29, 0.717) is 25.3 Å². The SMILES string of the molecule is CCN(CC(=O)Nc1ccc(OC)cc1)CC(=O)N1CCN(c2ccc(O)cc2)CC1. The zero-order valence-electron chi connectivity index (χ0n) is 18.1. The van der Waals surface area contributed by atoms with Crippen LogP contribution in [0.5, 0.6) is 11.5 Å². The van der Waals surface area contributed by atoms with Crippen molar-refractivity contribution in [2.24, 2.45) is 0 Å². The summed E-state index contributed by atoms with van der Waals surface area (Å²) in [7, 11) is 1.59. The van der Waals surface area contributed by atoms with Crippen LogP contribution in [0.3, 0.4) is 0 Å². The molecule has 8 nitrogen and oxygen atoms in total. The monoisotopic (exact) mass is 426 g/mol. The fraction of sp³-hybridized carbons (Fsp3) is 0.391. The third-order valence-corrected chi connectivity index (χ3v) is 5.39. The molecule has 2 amide bonds. The second-order valence-corrected chi connectivity index (χ2v) is 7.46. The van der Waals surface area contributed by atoms with Crippen LogP contribution in [0.2, 0.25) is 0 Å². The number of phenols is 1. The Labute approximate surface area is 183 Å². The molecule has 0 aromatic heterocycles. The first-order valence-corrected chi connectivity index (χ1v) is 10.5. The lowest BCUT2D eigenvalue weighted by Gasteiger charge is -2.37. The van der Waals surface area contributed by atoms with Crippen molar-refractivity contribution in [3.8, 4) is 11.5 Å². The van der Waals surface area contributed by atoms with Crippen molar-refractivity contribution in [3.63, 3.8) is 0 Å². The summed E-state index contributed by atoms with van der Waals surface area (Å²) in [5.74, 6) is 0.846. The molecule has 1 saturated heterocycles. The lowest BCUT2D eigenvalue weighted by molar-refractivity contribution is -0.133. The van der Waals surface area contributed by atoms with E-state index < -0.39 is 0 Å². The van der Waals surface area contributed by atoms with Gasteiger partial charge in [-0.25, -0.2) is 0 Å². The first-order chi connectivity index (χ1) is 15.0. The van der Waals surface area contributed by atoms with E-state index >= 15 is 0 Å². The number of rotatable bonds is 8. The van der Waals surface area contributed by atoms with E-state index in [0.717, 1.165) is 24.5 Å². The maximum atomic E-state index is 12.8. The van der Waals surface area contributed by atoms with Gasteiger partial charge in [-0.1, -0.05) is 6.92 Å². The van der Waals surface area contributed by atoms with Gasteiger partial charge >= 0.3 is 0 Å². The van der Waals surface area contributed by atoms with Gasteiger partial charge in [0, 0.05) is 37.6 Å². The van der Waals surface area contributed by atoms with Crippen LogP contribution in [0, 0.1) is 0 Å². The second kappa shape index (κ2) is 10.7. The Morgan fingerprint density at radius 2 is 1.65 bits per heavy atom. The highest BCUT2D eigenvalue weighted by atomic mass is 16.5. The number of amides is 2. The molecule has 8 heteroatoms. The standard InChI is InChI=1S/C23H30N4O4/c1-3-25(16-22(29)24-18-4-10-21(31-2)11-5-18)17-23(30)27-14-12-26(13-15-27)19-6-8-20(28)9-7-19/h4-11,28H,3,12-17H2,1-2H3,(H,24,29). The lowest BCUT2D eigenvalue weighted by Crippen LogP contribution is -2.51. The highest BCUT2D eigenvalue weighted by Gasteiger charge is 2.23. The van der Waals surface area contributed by atoms with Crippen LogP contribution in [0.1, 0.15) is 6.92 Å². The molecular formula is C23H30N4O4. The number of anilines is 2. The van der Waals surface area contributed by atoms with Gasteiger partial charge in [0.25, 0.3) is 0 Å². The Bertz CT molecular complexity index is 862. The summed E-state index contributed by atoms with van der Waals surface area (Å²) in [5.41, 5.74) is 1.73. The van der Waals surface area contributed by atoms with Crippen LogP contribution < -0.4 is 15.0 Å². The van der Waals surface area contributed by atoms with Crippen molar-refractivity contribution >= 4 is 23.2 Å². The molecule has 3 rings (SSSR count). The Morgan fingerprint density at radius 1 is 1.00 bits per heavy atom. The quantitative estimate of drug-likeness (QED) is 0.672. The van der Waals surface area contributed by atoms with E-state index in [9.17, 15) is 14.7 Å². The number of carbonyl (C=O) groups is 2. The number of methoxy groups -OCH3 is 1. The maximum Gasteiger partial charge on any atom is 0.238 e. The number of carbonyl (C=O) groups excluding carboxylic acids is 2. The number of hydrogen-bond acceptors (Lipinski definition) is 6. The number of nitrogens with zero attached hydrogens (tertiary/aromatic N) is 3. The summed E-state index contributed by atoms with van der Waals surface area (Å²) in [6.07, 6.45) is 0. The first kappa shape index (κ1) is 22.4. The summed E-state index contributed by atoms with van der Waals surface area (Å²) >= 11 is 0. The van der Waals surface area contributed by atoms with Gasteiger partial charge in [-0.2, -0.15) is 0 Å². The summed E-state index contributed by atoms with van der Waals surface area (Å²) in [6.45, 7) is 5.66. The van der Waals surface area contributed by atoms with E-state index in [2.05, 4.69) is 10.2 Å². The van der Waals surface area contributed by atoms with Gasteiger partial charge in [-0.3, -0.25) is 14.5 Å². The van der Waals surface area contributed by atoms with Gasteiger partial charge < -0.3 is 25.0 Å². The van der Waals surface area contributed by atoms with Crippen LogP contribution in [0.15, 0.2) is 48.5 Å². The number of phenolic OH excluding ortho intramolecular Hbond substituents is 1. The van der Waals surface area contributed by atoms with Crippen LogP contribution in [0.25, 0.3) is 0 Å². The van der Waals surface area contributed by atoms with E-state index in [-0.39, 0.29) is 30.7 Å². The van der Waals surface area contributed by atoms with Gasteiger partial charge in [0.2, 0.25) is 11.8 Å². The fourth-order valence-corrected chi connectivity index (χ4v) is 3.53. The molecule has 1 aliphatic heterocycles. The Kier molecular flexibility index (Phi) is 7.72. The highest BCUT2D eigenvalue weighted by Crippen LogP contribution is 2.20. The van der Waals surface area contributed by atoms with Crippen molar-refractivity contribution in [3.05, 3.63) is 48.5 Å². The zero-order valence-corrected chi connectivity index (χ0v) is 18.1. The molecule has 2 N–H and O–H groups in total. The van der Waals surface area contributed by atoms with Crippen LogP contribution in [-0.4, -0.2) is 79.6 Å². The smallest absolute Gasteiger partial charge is 0.238 e. The molecule has 0 bridgehead atoms. The predicted molar refractivity (Wildman–Crippen MR) is 121 cm³/mol. The lowest BCUT2D eigenvalue weighted by atomic mass is 10.2. The Morgan fingerprint density at radius 3 is 2.23 bits per heavy atom. The third kappa shape index (κ3) is 6.36. The molecule has 2 aromatic carbocycles. The van der Waals surface area contributed by atoms with Crippen LogP contribution in [-0.2, 0) is 9.59 Å². The van der Waals surface area contributed by atoms with Gasteiger partial charge in [-0.15, -0.1) is 0 Å². The minimum Gasteiger partial charge on any atom is -0.508 e. The number of likely N-dealkylation sites (N-methyl/N-ethyl adjacent to an activating group) is 1. The molecule has 0 atom stereocenters. The van der Waals surface area contributed by atoms with Crippen molar-refractivity contribution in [1.82, 2.24) is 9.80 Å². The minimum absolute atomic E-state index is 0.0319. The van der Waals surface area contributed by atoms with Crippen LogP contribution >= 0.6 is 0 Å². The molecular weight excluding hydrogens is 396 g/mol. The molecule has 1 aliphatic rings. The van der Waals surface area contributed by atoms with Gasteiger partial charge in [0.1, 0.15) is 11.5 Å². The average molecular weight is 427 g/mol. The molecule has 0 unspecified atom stereocenters. The number of piperazine rings is 1. The molecule has 0 radical (unpaired) electrons. The summed E-state index contributed by atoms with van der Waals surface area (Å²) in [6, 6.07) is 14.2. The number of aromatic hydroxyl groups is 1. The largest absolute Gasteiger partial charge is 0.508 e. The molecule has 0 saturated carbocycles. The fourth-order valence-electron chi connectivity index (χ4n) is 3.53. The second-order valence-electron chi connectivity index (χ2n) is 7.46. The molecule has 0 spiro atoms. The minimum atomic E-state index is -0.156. The molecule has 31 heavy (non-hydrogen) atoms. The topological polar surface area (TPSA) is 85.4 Å². The van der Waals surface area contributed by atoms with Crippen molar-refractivity contribution in [1.29, 1.82) is 0 Å². The average Bonchev–Trinajstić information content (AvgIpc) is 2.79. The zero-order chi connectivity index (χ0) is 22.2. The van der Waals surface area contributed by atoms with E-state index in [1.54, 1.807) is 43.5 Å². The van der Waals surface area contributed by atoms with Crippen molar-refractivity contribution < 1.29 is 19.4 Å². The number of ether oxygens (including phenoxy) is 1. The van der Waals surface area contributed by atoms with Crippen molar-refractivity contribution in [2.75, 3.05) is 63.1 Å². The maximum absolute atomic E-state index is 12.8. The van der Waals surface area contributed by atoms with Crippen molar-refractivity contribution in [2.45, 2.75) is 6.92 Å². The molecule has 0 aliphatic carbocycles. The Hall–Kier alpha value is -3.26. The third-order valence-electron chi connectivity index (χ3n) is 5.39. The molecule has 2 aromatic rings. The normalized spacial score (nSPS) is 13.9. The van der Waals surface area contributed by atoms with E-state index in [4.69, 9.17) is 4.74 Å². The Balaban J connectivity index is 1.45. The first-order valence-electron chi connectivity index (χ1n) is 10.5. The van der Waals surface area contributed by atoms with Gasteiger partial charge in [0.05, 0.1) is 20.2 Å². The number of nitrogens with one attached hydrogen (secondary N) is 1. The van der Waals surface area contributed by atoms with E-state index in [1.165, 1.54) is 0 Å². The summed E-state index contributed by atoms with van der Waals surface area (Å²) in [5, 5.41) is 12.3. The predicted octanol–water partition coefficient (Wildman–Crippen LogP) is 2.01. The van der Waals surface area contributed by atoms with Gasteiger partial charge in [0.15, 0.2) is 0 Å². The summed E-state index contributed by atoms with van der Waals surface area (Å²) in [4.78, 5) is 31.0. The molecule has 1 fully saturated rings. The molecule has 1 heterocycles. The van der Waals surface area contributed by atoms with Gasteiger partial charge in [-0.05, 0) is 55.1 Å². The molecule has 166 valence electrons. The summed E-state index contributed by atoms with van der Waals surface area (Å²) < 4.78 is 5.12. The number of benzene rings is 2. The van der Waals surface area contributed by atoms with Crippen LogP contribution in [0.4, 0.5) is 11.4 Å². The van der Waals surface area contributed by atoms with E-state index in [1.807, 2.05) is 28.9 Å².